The van der Waals surface area contributed by atoms with Crippen molar-refractivity contribution >= 4 is 46.7 Å². The fourth-order valence-corrected chi connectivity index (χ4v) is 4.32. The van der Waals surface area contributed by atoms with Crippen LogP contribution in [0.2, 0.25) is 10.0 Å². The summed E-state index contributed by atoms with van der Waals surface area (Å²) in [7, 11) is 0. The van der Waals surface area contributed by atoms with Crippen LogP contribution in [0.25, 0.3) is 10.4 Å². The number of rotatable bonds is 6. The molecule has 0 aliphatic rings. The van der Waals surface area contributed by atoms with E-state index in [1.165, 1.54) is 11.2 Å². The number of aromatic nitrogens is 1. The third-order valence-corrected chi connectivity index (χ3v) is 6.37. The first-order chi connectivity index (χ1) is 14.6. The summed E-state index contributed by atoms with van der Waals surface area (Å²) in [5.41, 5.74) is -7.59. The van der Waals surface area contributed by atoms with E-state index < -0.39 is 39.5 Å². The zero-order chi connectivity index (χ0) is 24.6. The van der Waals surface area contributed by atoms with Crippen LogP contribution >= 0.6 is 34.5 Å². The molecule has 0 unspecified atom stereocenters. The zero-order valence-electron chi connectivity index (χ0n) is 17.6. The smallest absolute Gasteiger partial charge is 0.870 e. The molecule has 6 nitrogen and oxygen atoms in total. The van der Waals surface area contributed by atoms with Crippen molar-refractivity contribution in [3.8, 4) is 10.4 Å². The van der Waals surface area contributed by atoms with Crippen molar-refractivity contribution in [2.75, 3.05) is 13.1 Å². The Bertz CT molecular complexity index is 1030. The second kappa shape index (κ2) is 11.6. The first-order valence-corrected chi connectivity index (χ1v) is 10.3. The molecule has 0 radical (unpaired) electrons. The SMILES string of the molecule is CCN(CC)C(=O)c1nc([C-]=O)sc1-c1ccc(C(O)(C(F)(F)F)C(F)(F)F)c(Cl)c1Cl.[Li+].[OH-]. The normalized spacial score (nSPS) is 12.0. The number of thiazole rings is 1. The van der Waals surface area contributed by atoms with Gasteiger partial charge in [-0.1, -0.05) is 35.3 Å². The van der Waals surface area contributed by atoms with Crippen molar-refractivity contribution in [1.82, 2.24) is 9.88 Å². The van der Waals surface area contributed by atoms with Crippen molar-refractivity contribution in [3.63, 3.8) is 0 Å². The van der Waals surface area contributed by atoms with Crippen molar-refractivity contribution in [3.05, 3.63) is 38.4 Å². The number of nitrogens with zero attached hydrogens (tertiary/aromatic N) is 2. The minimum Gasteiger partial charge on any atom is -0.870 e. The average molecular weight is 546 g/mol. The van der Waals surface area contributed by atoms with Gasteiger partial charge >= 0.3 is 31.2 Å². The standard InChI is InChI=1S/C18H13Cl2F6N2O3S.Li.H2O/c1-3-28(4-2)15(30)13-14(32-10(7-29)27-13)8-5-6-9(12(20)11(8)19)16(31,17(21,22)23)18(24,25)26;;/h5-6,31H,3-4H2,1-2H3;;1H2/q-1;+1;/p-1. The van der Waals surface area contributed by atoms with Gasteiger partial charge in [0.15, 0.2) is 0 Å². The number of hydrogen-bond donors (Lipinski definition) is 1. The molecule has 0 saturated heterocycles. The second-order valence-corrected chi connectivity index (χ2v) is 8.03. The van der Waals surface area contributed by atoms with Crippen LogP contribution in [0, 0.1) is 0 Å². The van der Waals surface area contributed by atoms with Crippen molar-refractivity contribution in [1.29, 1.82) is 0 Å². The number of amides is 1. The summed E-state index contributed by atoms with van der Waals surface area (Å²) in [6.07, 6.45) is -10.9. The molecule has 34 heavy (non-hydrogen) atoms. The topological polar surface area (TPSA) is 100 Å². The predicted molar refractivity (Wildman–Crippen MR) is 108 cm³/mol. The van der Waals surface area contributed by atoms with Crippen molar-refractivity contribution in [2.24, 2.45) is 0 Å². The van der Waals surface area contributed by atoms with E-state index >= 15 is 0 Å². The Morgan fingerprint density at radius 1 is 1.09 bits per heavy atom. The Balaban J connectivity index is 0.00000544. The first kappa shape index (κ1) is 32.7. The van der Waals surface area contributed by atoms with Crippen LogP contribution in [0.3, 0.4) is 0 Å². The van der Waals surface area contributed by atoms with E-state index in [-0.39, 0.29) is 58.6 Å². The molecule has 0 aliphatic heterocycles. The van der Waals surface area contributed by atoms with Gasteiger partial charge in [-0.3, -0.25) is 9.78 Å². The zero-order valence-corrected chi connectivity index (χ0v) is 19.9. The molecule has 0 atom stereocenters. The second-order valence-electron chi connectivity index (χ2n) is 6.27. The van der Waals surface area contributed by atoms with Gasteiger partial charge in [0.1, 0.15) is 5.69 Å². The van der Waals surface area contributed by atoms with E-state index in [9.17, 15) is 41.0 Å². The number of carbonyl (C=O) groups excluding carboxylic acids is 2. The van der Waals surface area contributed by atoms with Crippen LogP contribution in [0.1, 0.15) is 34.9 Å². The number of alkyl halides is 6. The molecule has 2 rings (SSSR count). The van der Waals surface area contributed by atoms with E-state index in [2.05, 4.69) is 4.98 Å². The van der Waals surface area contributed by atoms with E-state index in [1.54, 1.807) is 13.8 Å². The van der Waals surface area contributed by atoms with Gasteiger partial charge < -0.3 is 20.3 Å². The molecular formula is C18H14Cl2F6LiN2O4S-. The Kier molecular flexibility index (Phi) is 11.1. The molecule has 184 valence electrons. The van der Waals surface area contributed by atoms with Gasteiger partial charge in [-0.05, 0) is 18.9 Å². The van der Waals surface area contributed by atoms with Gasteiger partial charge in [0.2, 0.25) is 0 Å². The maximum absolute atomic E-state index is 13.2. The molecule has 1 heterocycles. The molecular weight excluding hydrogens is 532 g/mol. The fourth-order valence-electron chi connectivity index (χ4n) is 2.82. The van der Waals surface area contributed by atoms with E-state index in [4.69, 9.17) is 23.2 Å². The van der Waals surface area contributed by atoms with Crippen LogP contribution in [0.5, 0.6) is 0 Å². The monoisotopic (exact) mass is 545 g/mol. The number of halogens is 8. The summed E-state index contributed by atoms with van der Waals surface area (Å²) >= 11 is 12.3. The maximum atomic E-state index is 13.2. The predicted octanol–water partition coefficient (Wildman–Crippen LogP) is 2.20. The third-order valence-electron chi connectivity index (χ3n) is 4.50. The summed E-state index contributed by atoms with van der Waals surface area (Å²) in [4.78, 5) is 28.8. The van der Waals surface area contributed by atoms with Crippen molar-refractivity contribution in [2.45, 2.75) is 31.8 Å². The Labute approximate surface area is 215 Å². The van der Waals surface area contributed by atoms with Gasteiger partial charge in [0.25, 0.3) is 11.5 Å². The van der Waals surface area contributed by atoms with Gasteiger partial charge in [0.05, 0.1) is 14.9 Å². The van der Waals surface area contributed by atoms with E-state index in [1.807, 2.05) is 0 Å². The third kappa shape index (κ3) is 5.56. The largest absolute Gasteiger partial charge is 1.00 e. The number of aliphatic hydroxyl groups is 1. The molecule has 0 spiro atoms. The van der Waals surface area contributed by atoms with Crippen LogP contribution < -0.4 is 18.9 Å². The molecule has 2 aromatic rings. The summed E-state index contributed by atoms with van der Waals surface area (Å²) < 4.78 is 79.4. The minimum atomic E-state index is -6.17. The molecule has 1 aromatic heterocycles. The van der Waals surface area contributed by atoms with Crippen LogP contribution in [0.15, 0.2) is 12.1 Å². The number of hydrogen-bond acceptors (Lipinski definition) is 6. The molecule has 1 amide bonds. The summed E-state index contributed by atoms with van der Waals surface area (Å²) in [5.74, 6) is -0.652. The molecule has 1 aromatic carbocycles. The Morgan fingerprint density at radius 3 is 2.00 bits per heavy atom. The van der Waals surface area contributed by atoms with Crippen LogP contribution in [-0.4, -0.2) is 58.1 Å². The Morgan fingerprint density at radius 2 is 1.59 bits per heavy atom. The van der Waals surface area contributed by atoms with Crippen LogP contribution in [-0.2, 0) is 10.4 Å². The molecule has 2 N–H and O–H groups in total. The number of carbonyl (C=O) groups is 1. The maximum Gasteiger partial charge on any atom is 1.00 e. The molecule has 16 heteroatoms. The van der Waals surface area contributed by atoms with Gasteiger partial charge in [-0.25, -0.2) is 6.29 Å². The molecule has 0 saturated carbocycles. The summed E-state index contributed by atoms with van der Waals surface area (Å²) in [6, 6.07) is 1.04. The molecule has 0 aliphatic carbocycles. The van der Waals surface area contributed by atoms with E-state index in [0.717, 1.165) is 6.07 Å². The quantitative estimate of drug-likeness (QED) is 0.341. The fraction of sp³-hybridized carbons (Fsp3) is 0.389. The van der Waals surface area contributed by atoms with Gasteiger partial charge in [-0.15, -0.1) is 11.3 Å². The van der Waals surface area contributed by atoms with Crippen LogP contribution in [0.4, 0.5) is 26.3 Å². The minimum absolute atomic E-state index is 0. The number of benzene rings is 1. The average Bonchev–Trinajstić information content (AvgIpc) is 3.12. The Hall–Kier alpha value is -1.33. The van der Waals surface area contributed by atoms with E-state index in [0.29, 0.717) is 17.4 Å². The summed E-state index contributed by atoms with van der Waals surface area (Å²) in [5, 5.41) is 7.30. The summed E-state index contributed by atoms with van der Waals surface area (Å²) in [6.45, 7) is 3.83. The van der Waals surface area contributed by atoms with Gasteiger partial charge in [0, 0.05) is 24.2 Å². The molecule has 0 bridgehead atoms. The molecule has 0 fully saturated rings. The van der Waals surface area contributed by atoms with Crippen molar-refractivity contribution < 1.29 is 65.4 Å². The van der Waals surface area contributed by atoms with Gasteiger partial charge in [-0.2, -0.15) is 26.3 Å². The first-order valence-electron chi connectivity index (χ1n) is 8.68.